The van der Waals surface area contributed by atoms with Gasteiger partial charge in [-0.15, -0.1) is 0 Å². The number of nitrogens with two attached hydrogens (primary N) is 2. The maximum atomic E-state index is 10.7. The van der Waals surface area contributed by atoms with Gasteiger partial charge in [0.1, 0.15) is 0 Å². The van der Waals surface area contributed by atoms with Crippen molar-refractivity contribution in [2.45, 2.75) is 31.8 Å². The summed E-state index contributed by atoms with van der Waals surface area (Å²) in [6, 6.07) is -0.0170. The molecule has 76 valence electrons. The van der Waals surface area contributed by atoms with Crippen LogP contribution in [0.1, 0.15) is 19.8 Å². The van der Waals surface area contributed by atoms with Gasteiger partial charge in [-0.05, 0) is 32.7 Å². The highest BCUT2D eigenvalue weighted by atomic mass is 16.1. The molecule has 1 saturated carbocycles. The monoisotopic (exact) mass is 185 g/mol. The Morgan fingerprint density at radius 3 is 2.54 bits per heavy atom. The summed E-state index contributed by atoms with van der Waals surface area (Å²) in [5.74, 6) is 0.375. The van der Waals surface area contributed by atoms with Crippen LogP contribution in [0.2, 0.25) is 0 Å². The molecule has 0 spiro atoms. The number of carbonyl (C=O) groups is 1. The molecule has 0 bridgehead atoms. The number of primary amides is 1. The van der Waals surface area contributed by atoms with Crippen LogP contribution < -0.4 is 11.5 Å². The zero-order valence-corrected chi connectivity index (χ0v) is 8.36. The van der Waals surface area contributed by atoms with E-state index in [0.29, 0.717) is 12.6 Å². The zero-order chi connectivity index (χ0) is 10.0. The number of rotatable bonds is 5. The second-order valence-electron chi connectivity index (χ2n) is 4.03. The Morgan fingerprint density at radius 2 is 2.15 bits per heavy atom. The number of nitrogens with zero attached hydrogens (tertiary/aromatic N) is 1. The molecule has 1 rings (SSSR count). The van der Waals surface area contributed by atoms with Crippen LogP contribution in [0, 0.1) is 5.92 Å². The van der Waals surface area contributed by atoms with Crippen LogP contribution in [0.5, 0.6) is 0 Å². The molecule has 4 heteroatoms. The first-order valence-corrected chi connectivity index (χ1v) is 4.77. The first-order valence-electron chi connectivity index (χ1n) is 4.77. The van der Waals surface area contributed by atoms with Crippen LogP contribution in [0.4, 0.5) is 0 Å². The van der Waals surface area contributed by atoms with E-state index in [9.17, 15) is 4.79 Å². The van der Waals surface area contributed by atoms with Crippen LogP contribution in [0.15, 0.2) is 0 Å². The lowest BCUT2D eigenvalue weighted by Gasteiger charge is -2.26. The van der Waals surface area contributed by atoms with Gasteiger partial charge in [0.25, 0.3) is 0 Å². The molecule has 13 heavy (non-hydrogen) atoms. The van der Waals surface area contributed by atoms with E-state index in [2.05, 4.69) is 11.8 Å². The van der Waals surface area contributed by atoms with Gasteiger partial charge in [0, 0.05) is 12.6 Å². The Bertz CT molecular complexity index is 191. The van der Waals surface area contributed by atoms with E-state index in [1.807, 2.05) is 7.05 Å². The summed E-state index contributed by atoms with van der Waals surface area (Å²) < 4.78 is 0. The molecule has 0 saturated heterocycles. The standard InChI is InChI=1S/C9H19N3O/c1-6(7-3-4-7)12(2)5-8(10)9(11)13/h6-8H,3-5,10H2,1-2H3,(H2,11,13). The van der Waals surface area contributed by atoms with E-state index in [1.165, 1.54) is 12.8 Å². The lowest BCUT2D eigenvalue weighted by Crippen LogP contribution is -2.47. The maximum Gasteiger partial charge on any atom is 0.235 e. The van der Waals surface area contributed by atoms with E-state index < -0.39 is 11.9 Å². The van der Waals surface area contributed by atoms with Crippen molar-refractivity contribution in [2.24, 2.45) is 17.4 Å². The number of amides is 1. The fourth-order valence-electron chi connectivity index (χ4n) is 1.51. The molecule has 1 amide bonds. The van der Waals surface area contributed by atoms with E-state index in [1.54, 1.807) is 0 Å². The maximum absolute atomic E-state index is 10.7. The zero-order valence-electron chi connectivity index (χ0n) is 8.36. The van der Waals surface area contributed by atoms with Gasteiger partial charge in [-0.25, -0.2) is 0 Å². The van der Waals surface area contributed by atoms with Crippen LogP contribution in [-0.4, -0.2) is 36.5 Å². The molecule has 0 aliphatic heterocycles. The fourth-order valence-corrected chi connectivity index (χ4v) is 1.51. The molecule has 0 aromatic carbocycles. The van der Waals surface area contributed by atoms with Crippen molar-refractivity contribution < 1.29 is 4.79 Å². The highest BCUT2D eigenvalue weighted by molar-refractivity contribution is 5.79. The molecule has 0 aromatic heterocycles. The van der Waals surface area contributed by atoms with E-state index in [0.717, 1.165) is 5.92 Å². The average molecular weight is 185 g/mol. The summed E-state index contributed by atoms with van der Waals surface area (Å²) in [4.78, 5) is 12.8. The first kappa shape index (κ1) is 10.5. The molecule has 0 aromatic rings. The van der Waals surface area contributed by atoms with Crippen molar-refractivity contribution >= 4 is 5.91 Å². The summed E-state index contributed by atoms with van der Waals surface area (Å²) in [7, 11) is 1.99. The van der Waals surface area contributed by atoms with Crippen LogP contribution in [0.3, 0.4) is 0 Å². The Kier molecular flexibility index (Phi) is 3.27. The minimum atomic E-state index is -0.536. The second-order valence-corrected chi connectivity index (χ2v) is 4.03. The number of likely N-dealkylation sites (N-methyl/N-ethyl adjacent to an activating group) is 1. The van der Waals surface area contributed by atoms with Gasteiger partial charge in [0.15, 0.2) is 0 Å². The van der Waals surface area contributed by atoms with Crippen molar-refractivity contribution in [2.75, 3.05) is 13.6 Å². The number of carbonyl (C=O) groups excluding carboxylic acids is 1. The summed E-state index contributed by atoms with van der Waals surface area (Å²) in [6.07, 6.45) is 2.61. The molecule has 1 aliphatic rings. The van der Waals surface area contributed by atoms with Crippen LogP contribution in [0.25, 0.3) is 0 Å². The summed E-state index contributed by atoms with van der Waals surface area (Å²) >= 11 is 0. The number of hydrogen-bond acceptors (Lipinski definition) is 3. The topological polar surface area (TPSA) is 72.3 Å². The highest BCUT2D eigenvalue weighted by Crippen LogP contribution is 2.34. The minimum Gasteiger partial charge on any atom is -0.368 e. The van der Waals surface area contributed by atoms with Crippen LogP contribution >= 0.6 is 0 Å². The smallest absolute Gasteiger partial charge is 0.235 e. The molecule has 2 atom stereocenters. The molecule has 1 aliphatic carbocycles. The van der Waals surface area contributed by atoms with Crippen molar-refractivity contribution in [1.82, 2.24) is 4.90 Å². The fraction of sp³-hybridized carbons (Fsp3) is 0.889. The molecule has 0 radical (unpaired) electrons. The van der Waals surface area contributed by atoms with Crippen molar-refractivity contribution in [3.05, 3.63) is 0 Å². The SMILES string of the molecule is CC(C1CC1)N(C)CC(N)C(N)=O. The van der Waals surface area contributed by atoms with Crippen molar-refractivity contribution in [3.8, 4) is 0 Å². The molecule has 1 fully saturated rings. The van der Waals surface area contributed by atoms with Crippen molar-refractivity contribution in [3.63, 3.8) is 0 Å². The normalized spacial score (nSPS) is 21.5. The molecule has 0 heterocycles. The average Bonchev–Trinajstić information content (AvgIpc) is 2.85. The summed E-state index contributed by atoms with van der Waals surface area (Å²) in [5.41, 5.74) is 10.6. The van der Waals surface area contributed by atoms with Gasteiger partial charge < -0.3 is 16.4 Å². The third kappa shape index (κ3) is 2.97. The van der Waals surface area contributed by atoms with Gasteiger partial charge >= 0.3 is 0 Å². The number of hydrogen-bond donors (Lipinski definition) is 2. The predicted octanol–water partition coefficient (Wildman–Crippen LogP) is -0.471. The molecule has 4 nitrogen and oxygen atoms in total. The Hall–Kier alpha value is -0.610. The third-order valence-corrected chi connectivity index (χ3v) is 2.85. The van der Waals surface area contributed by atoms with Gasteiger partial charge in [-0.3, -0.25) is 4.79 Å². The van der Waals surface area contributed by atoms with E-state index >= 15 is 0 Å². The van der Waals surface area contributed by atoms with Gasteiger partial charge in [-0.2, -0.15) is 0 Å². The Balaban J connectivity index is 2.30. The predicted molar refractivity (Wildman–Crippen MR) is 52.0 cm³/mol. The largest absolute Gasteiger partial charge is 0.368 e. The van der Waals surface area contributed by atoms with E-state index in [4.69, 9.17) is 11.5 Å². The summed E-state index contributed by atoms with van der Waals surface area (Å²) in [5, 5.41) is 0. The minimum absolute atomic E-state index is 0.421. The highest BCUT2D eigenvalue weighted by Gasteiger charge is 2.31. The Labute approximate surface area is 79.3 Å². The lowest BCUT2D eigenvalue weighted by molar-refractivity contribution is -0.119. The van der Waals surface area contributed by atoms with Gasteiger partial charge in [0.05, 0.1) is 6.04 Å². The van der Waals surface area contributed by atoms with Gasteiger partial charge in [0.2, 0.25) is 5.91 Å². The molecule has 2 unspecified atom stereocenters. The molecular weight excluding hydrogens is 166 g/mol. The molecule has 4 N–H and O–H groups in total. The Morgan fingerprint density at radius 1 is 1.62 bits per heavy atom. The van der Waals surface area contributed by atoms with Crippen LogP contribution in [-0.2, 0) is 4.79 Å². The second kappa shape index (κ2) is 4.07. The lowest BCUT2D eigenvalue weighted by atomic mass is 10.1. The van der Waals surface area contributed by atoms with Crippen molar-refractivity contribution in [1.29, 1.82) is 0 Å². The van der Waals surface area contributed by atoms with Gasteiger partial charge in [-0.1, -0.05) is 0 Å². The third-order valence-electron chi connectivity index (χ3n) is 2.85. The quantitative estimate of drug-likeness (QED) is 0.608. The summed E-state index contributed by atoms with van der Waals surface area (Å²) in [6.45, 7) is 2.73. The molecular formula is C9H19N3O. The van der Waals surface area contributed by atoms with E-state index in [-0.39, 0.29) is 0 Å². The first-order chi connectivity index (χ1) is 6.02.